The van der Waals surface area contributed by atoms with Crippen LogP contribution >= 0.6 is 0 Å². The highest BCUT2D eigenvalue weighted by Gasteiger charge is 2.41. The Hall–Kier alpha value is -1.35. The van der Waals surface area contributed by atoms with E-state index in [0.717, 1.165) is 12.1 Å². The lowest BCUT2D eigenvalue weighted by atomic mass is 10.1. The fraction of sp³-hybridized carbons (Fsp3) is 0.611. The second-order valence-corrected chi connectivity index (χ2v) is 6.84. The Morgan fingerprint density at radius 1 is 1.19 bits per heavy atom. The summed E-state index contributed by atoms with van der Waals surface area (Å²) < 4.78 is 0. The summed E-state index contributed by atoms with van der Waals surface area (Å²) in [6, 6.07) is 9.94. The van der Waals surface area contributed by atoms with Crippen LogP contribution in [0.3, 0.4) is 0 Å². The second kappa shape index (κ2) is 6.18. The number of amides is 1. The van der Waals surface area contributed by atoms with Gasteiger partial charge >= 0.3 is 0 Å². The third-order valence-corrected chi connectivity index (χ3v) is 4.90. The van der Waals surface area contributed by atoms with Crippen molar-refractivity contribution in [3.05, 3.63) is 35.9 Å². The second-order valence-electron chi connectivity index (χ2n) is 6.84. The van der Waals surface area contributed by atoms with Crippen molar-refractivity contribution in [3.8, 4) is 0 Å². The van der Waals surface area contributed by atoms with Crippen molar-refractivity contribution in [2.45, 2.75) is 51.7 Å². The van der Waals surface area contributed by atoms with Gasteiger partial charge in [0, 0.05) is 6.54 Å². The van der Waals surface area contributed by atoms with Crippen LogP contribution in [0, 0.1) is 11.8 Å². The van der Waals surface area contributed by atoms with Gasteiger partial charge < -0.3 is 4.90 Å². The van der Waals surface area contributed by atoms with Crippen LogP contribution in [-0.4, -0.2) is 23.5 Å². The molecule has 1 N–H and O–H groups in total. The zero-order valence-electron chi connectivity index (χ0n) is 13.1. The molecule has 1 aliphatic heterocycles. The Kier molecular flexibility index (Phi) is 4.29. The highest BCUT2D eigenvalue weighted by Crippen LogP contribution is 2.32. The first-order valence-electron chi connectivity index (χ1n) is 8.28. The Morgan fingerprint density at radius 2 is 1.86 bits per heavy atom. The molecule has 1 amide bonds. The molecule has 3 heteroatoms. The van der Waals surface area contributed by atoms with E-state index in [0.29, 0.717) is 11.8 Å². The molecule has 0 aromatic heterocycles. The molecule has 0 bridgehead atoms. The molecule has 3 rings (SSSR count). The number of carbonyl (C=O) groups is 1. The molecule has 1 saturated carbocycles. The van der Waals surface area contributed by atoms with E-state index in [1.807, 2.05) is 30.3 Å². The average molecular weight is 286 g/mol. The normalized spacial score (nSPS) is 27.0. The molecule has 1 aromatic rings. The minimum absolute atomic E-state index is 0.167. The first-order valence-corrected chi connectivity index (χ1v) is 8.28. The fourth-order valence-corrected chi connectivity index (χ4v) is 3.75. The molecule has 114 valence electrons. The highest BCUT2D eigenvalue weighted by atomic mass is 16.2. The van der Waals surface area contributed by atoms with Gasteiger partial charge in [0.25, 0.3) is 0 Å². The quantitative estimate of drug-likeness (QED) is 0.921. The summed E-state index contributed by atoms with van der Waals surface area (Å²) in [6.07, 6.45) is 5.39. The monoisotopic (exact) mass is 286 g/mol. The van der Waals surface area contributed by atoms with E-state index in [9.17, 15) is 4.79 Å². The smallest absolute Gasteiger partial charge is 0.245 e. The molecule has 3 nitrogen and oxygen atoms in total. The summed E-state index contributed by atoms with van der Waals surface area (Å²) in [7, 11) is 0. The number of nitrogens with one attached hydrogen (secondary N) is 1. The van der Waals surface area contributed by atoms with Gasteiger partial charge in [-0.3, -0.25) is 10.1 Å². The van der Waals surface area contributed by atoms with Crippen LogP contribution in [-0.2, 0) is 4.79 Å². The van der Waals surface area contributed by atoms with Gasteiger partial charge in [0.15, 0.2) is 0 Å². The molecular weight excluding hydrogens is 260 g/mol. The molecule has 1 saturated heterocycles. The summed E-state index contributed by atoms with van der Waals surface area (Å²) in [5.41, 5.74) is 1.09. The number of benzene rings is 1. The summed E-state index contributed by atoms with van der Waals surface area (Å²) in [6.45, 7) is 5.32. The molecule has 2 atom stereocenters. The molecular formula is C18H26N2O. The first kappa shape index (κ1) is 14.6. The van der Waals surface area contributed by atoms with Crippen molar-refractivity contribution >= 4 is 5.91 Å². The van der Waals surface area contributed by atoms with Crippen LogP contribution in [0.4, 0.5) is 0 Å². The van der Waals surface area contributed by atoms with Crippen LogP contribution < -0.4 is 5.32 Å². The van der Waals surface area contributed by atoms with Gasteiger partial charge in [-0.25, -0.2) is 0 Å². The Morgan fingerprint density at radius 3 is 2.48 bits per heavy atom. The lowest BCUT2D eigenvalue weighted by Gasteiger charge is -2.29. The van der Waals surface area contributed by atoms with Gasteiger partial charge in [0.1, 0.15) is 6.04 Å². The zero-order chi connectivity index (χ0) is 14.8. The number of hydrogen-bond acceptors (Lipinski definition) is 2. The maximum Gasteiger partial charge on any atom is 0.245 e. The van der Waals surface area contributed by atoms with E-state index in [1.54, 1.807) is 0 Å². The standard InChI is InChI=1S/C18H26N2O/c1-13(2)17-19-16(15-10-4-3-5-11-15)18(21)20(17)12-14-8-6-7-9-14/h3-5,10-11,13-14,16-17,19H,6-9,12H2,1-2H3. The molecule has 1 aliphatic carbocycles. The van der Waals surface area contributed by atoms with Crippen molar-refractivity contribution in [1.82, 2.24) is 10.2 Å². The van der Waals surface area contributed by atoms with Crippen molar-refractivity contribution in [3.63, 3.8) is 0 Å². The third-order valence-electron chi connectivity index (χ3n) is 4.90. The Bertz CT molecular complexity index is 479. The molecule has 2 aliphatic rings. The van der Waals surface area contributed by atoms with E-state index in [2.05, 4.69) is 24.1 Å². The highest BCUT2D eigenvalue weighted by molar-refractivity contribution is 5.85. The third kappa shape index (κ3) is 2.98. The minimum atomic E-state index is -0.167. The largest absolute Gasteiger partial charge is 0.325 e. The molecule has 2 fully saturated rings. The van der Waals surface area contributed by atoms with Crippen LogP contribution in [0.1, 0.15) is 51.1 Å². The van der Waals surface area contributed by atoms with Crippen LogP contribution in [0.15, 0.2) is 30.3 Å². The van der Waals surface area contributed by atoms with Crippen molar-refractivity contribution in [2.75, 3.05) is 6.54 Å². The molecule has 1 heterocycles. The summed E-state index contributed by atoms with van der Waals surface area (Å²) >= 11 is 0. The maximum absolute atomic E-state index is 12.9. The minimum Gasteiger partial charge on any atom is -0.325 e. The average Bonchev–Trinajstić information content (AvgIpc) is 3.10. The molecule has 0 spiro atoms. The van der Waals surface area contributed by atoms with E-state index in [-0.39, 0.29) is 18.1 Å². The van der Waals surface area contributed by atoms with E-state index in [1.165, 1.54) is 25.7 Å². The van der Waals surface area contributed by atoms with Gasteiger partial charge in [-0.2, -0.15) is 0 Å². The molecule has 0 radical (unpaired) electrons. The van der Waals surface area contributed by atoms with Gasteiger partial charge in [-0.15, -0.1) is 0 Å². The topological polar surface area (TPSA) is 32.3 Å². The maximum atomic E-state index is 12.9. The number of rotatable bonds is 4. The first-order chi connectivity index (χ1) is 10.2. The van der Waals surface area contributed by atoms with Crippen molar-refractivity contribution in [1.29, 1.82) is 0 Å². The zero-order valence-corrected chi connectivity index (χ0v) is 13.1. The van der Waals surface area contributed by atoms with Crippen LogP contribution in [0.5, 0.6) is 0 Å². The van der Waals surface area contributed by atoms with Gasteiger partial charge in [-0.1, -0.05) is 57.0 Å². The van der Waals surface area contributed by atoms with Gasteiger partial charge in [0.2, 0.25) is 5.91 Å². The Labute approximate surface area is 127 Å². The van der Waals surface area contributed by atoms with E-state index < -0.39 is 0 Å². The molecule has 21 heavy (non-hydrogen) atoms. The van der Waals surface area contributed by atoms with E-state index >= 15 is 0 Å². The summed E-state index contributed by atoms with van der Waals surface area (Å²) in [5.74, 6) is 1.39. The predicted molar refractivity (Wildman–Crippen MR) is 84.6 cm³/mol. The van der Waals surface area contributed by atoms with Gasteiger partial charge in [0.05, 0.1) is 6.17 Å². The number of hydrogen-bond donors (Lipinski definition) is 1. The van der Waals surface area contributed by atoms with Gasteiger partial charge in [-0.05, 0) is 30.2 Å². The Balaban J connectivity index is 1.78. The van der Waals surface area contributed by atoms with Crippen molar-refractivity contribution in [2.24, 2.45) is 11.8 Å². The lowest BCUT2D eigenvalue weighted by molar-refractivity contribution is -0.131. The predicted octanol–water partition coefficient (Wildman–Crippen LogP) is 3.33. The van der Waals surface area contributed by atoms with E-state index in [4.69, 9.17) is 0 Å². The SMILES string of the molecule is CC(C)C1NC(c2ccccc2)C(=O)N1CC1CCCC1. The lowest BCUT2D eigenvalue weighted by Crippen LogP contribution is -2.43. The fourth-order valence-electron chi connectivity index (χ4n) is 3.75. The number of nitrogens with zero attached hydrogens (tertiary/aromatic N) is 1. The molecule has 2 unspecified atom stereocenters. The van der Waals surface area contributed by atoms with Crippen LogP contribution in [0.2, 0.25) is 0 Å². The summed E-state index contributed by atoms with van der Waals surface area (Å²) in [4.78, 5) is 15.0. The molecule has 1 aromatic carbocycles. The van der Waals surface area contributed by atoms with Crippen molar-refractivity contribution < 1.29 is 4.79 Å². The number of carbonyl (C=O) groups excluding carboxylic acids is 1. The summed E-state index contributed by atoms with van der Waals surface area (Å²) in [5, 5.41) is 3.56. The van der Waals surface area contributed by atoms with Crippen LogP contribution in [0.25, 0.3) is 0 Å².